The van der Waals surface area contributed by atoms with E-state index in [-0.39, 0.29) is 23.6 Å². The number of carbonyl (C=O) groups excluding carboxylic acids is 1. The molecule has 3 aromatic rings. The number of hydrogen-bond acceptors (Lipinski definition) is 6. The van der Waals surface area contributed by atoms with E-state index < -0.39 is 0 Å². The fourth-order valence-corrected chi connectivity index (χ4v) is 3.60. The molecule has 1 N–H and O–H groups in total. The van der Waals surface area contributed by atoms with Crippen molar-refractivity contribution in [1.29, 1.82) is 0 Å². The van der Waals surface area contributed by atoms with Crippen molar-refractivity contribution in [2.24, 2.45) is 0 Å². The third-order valence-corrected chi connectivity index (χ3v) is 5.25. The summed E-state index contributed by atoms with van der Waals surface area (Å²) in [6.07, 6.45) is 4.96. The highest BCUT2D eigenvalue weighted by molar-refractivity contribution is 7.11. The first-order valence-electron chi connectivity index (χ1n) is 8.54. The fourth-order valence-electron chi connectivity index (χ4n) is 2.73. The van der Waals surface area contributed by atoms with Crippen LogP contribution in [0.5, 0.6) is 0 Å². The number of aromatic nitrogens is 4. The van der Waals surface area contributed by atoms with E-state index in [1.54, 1.807) is 42.9 Å². The van der Waals surface area contributed by atoms with Gasteiger partial charge >= 0.3 is 0 Å². The summed E-state index contributed by atoms with van der Waals surface area (Å²) in [6.45, 7) is 8.07. The van der Waals surface area contributed by atoms with Crippen LogP contribution >= 0.6 is 11.3 Å². The molecule has 0 saturated heterocycles. The predicted octanol–water partition coefficient (Wildman–Crippen LogP) is 2.31. The van der Waals surface area contributed by atoms with E-state index >= 15 is 0 Å². The van der Waals surface area contributed by atoms with Crippen LogP contribution in [0.4, 0.5) is 0 Å². The highest BCUT2D eigenvalue weighted by Gasteiger charge is 2.17. The molecule has 0 radical (unpaired) electrons. The summed E-state index contributed by atoms with van der Waals surface area (Å²) in [5.74, 6) is -0.382. The van der Waals surface area contributed by atoms with Crippen LogP contribution in [0, 0.1) is 27.7 Å². The molecule has 0 spiro atoms. The Balaban J connectivity index is 1.82. The first-order chi connectivity index (χ1) is 12.8. The number of thiazole rings is 1. The third kappa shape index (κ3) is 4.28. The van der Waals surface area contributed by atoms with E-state index in [1.165, 1.54) is 4.57 Å². The number of nitrogens with zero attached hydrogens (tertiary/aromatic N) is 4. The lowest BCUT2D eigenvalue weighted by Crippen LogP contribution is -2.34. The first-order valence-corrected chi connectivity index (χ1v) is 9.35. The third-order valence-electron chi connectivity index (χ3n) is 4.18. The van der Waals surface area contributed by atoms with Gasteiger partial charge in [0.05, 0.1) is 41.4 Å². The largest absolute Gasteiger partial charge is 0.347 e. The molecule has 0 aliphatic heterocycles. The zero-order valence-electron chi connectivity index (χ0n) is 15.7. The van der Waals surface area contributed by atoms with Crippen LogP contribution < -0.4 is 10.9 Å². The second-order valence-electron chi connectivity index (χ2n) is 6.38. The number of nitrogens with one attached hydrogen (secondary N) is 1. The van der Waals surface area contributed by atoms with Gasteiger partial charge in [-0.15, -0.1) is 11.3 Å². The van der Waals surface area contributed by atoms with Gasteiger partial charge in [-0.2, -0.15) is 0 Å². The van der Waals surface area contributed by atoms with Crippen LogP contribution in [0.3, 0.4) is 0 Å². The summed E-state index contributed by atoms with van der Waals surface area (Å²) in [4.78, 5) is 39.3. The van der Waals surface area contributed by atoms with Gasteiger partial charge in [-0.25, -0.2) is 4.98 Å². The smallest absolute Gasteiger partial charge is 0.264 e. The molecule has 8 heteroatoms. The monoisotopic (exact) mass is 383 g/mol. The van der Waals surface area contributed by atoms with Crippen molar-refractivity contribution >= 4 is 17.2 Å². The van der Waals surface area contributed by atoms with Gasteiger partial charge in [0, 0.05) is 17.3 Å². The zero-order chi connectivity index (χ0) is 19.6. The van der Waals surface area contributed by atoms with E-state index in [9.17, 15) is 9.59 Å². The second kappa shape index (κ2) is 7.79. The van der Waals surface area contributed by atoms with Gasteiger partial charge in [0.2, 0.25) is 0 Å². The Labute approximate surface area is 161 Å². The zero-order valence-corrected chi connectivity index (χ0v) is 16.6. The van der Waals surface area contributed by atoms with Gasteiger partial charge in [0.15, 0.2) is 0 Å². The lowest BCUT2D eigenvalue weighted by Gasteiger charge is -2.11. The van der Waals surface area contributed by atoms with Gasteiger partial charge < -0.3 is 9.88 Å². The van der Waals surface area contributed by atoms with Crippen molar-refractivity contribution in [2.45, 2.75) is 40.8 Å². The number of aryl methyl sites for hydroxylation is 4. The van der Waals surface area contributed by atoms with Crippen LogP contribution in [0.2, 0.25) is 0 Å². The second-order valence-corrected chi connectivity index (χ2v) is 7.67. The molecule has 7 nitrogen and oxygen atoms in total. The summed E-state index contributed by atoms with van der Waals surface area (Å²) in [5.41, 5.74) is 2.82. The predicted molar refractivity (Wildman–Crippen MR) is 104 cm³/mol. The molecule has 0 aliphatic carbocycles. The summed E-state index contributed by atoms with van der Waals surface area (Å²) < 4.78 is 1.48. The average molecular weight is 383 g/mol. The molecule has 0 bridgehead atoms. The summed E-state index contributed by atoms with van der Waals surface area (Å²) in [6, 6.07) is 1.76. The van der Waals surface area contributed by atoms with E-state index in [1.807, 2.05) is 20.8 Å². The number of pyridine rings is 1. The summed E-state index contributed by atoms with van der Waals surface area (Å²) in [7, 11) is 0. The minimum Gasteiger partial charge on any atom is -0.347 e. The number of rotatable bonds is 5. The van der Waals surface area contributed by atoms with Gasteiger partial charge in [0.1, 0.15) is 5.56 Å². The molecule has 0 unspecified atom stereocenters. The molecule has 0 aliphatic rings. The number of amides is 1. The quantitative estimate of drug-likeness (QED) is 0.730. The fraction of sp³-hybridized carbons (Fsp3) is 0.316. The Kier molecular flexibility index (Phi) is 5.46. The van der Waals surface area contributed by atoms with Crippen LogP contribution in [0.25, 0.3) is 0 Å². The Bertz CT molecular complexity index is 1040. The summed E-state index contributed by atoms with van der Waals surface area (Å²) in [5, 5.41) is 3.79. The van der Waals surface area contributed by atoms with E-state index in [0.717, 1.165) is 21.3 Å². The van der Waals surface area contributed by atoms with Gasteiger partial charge in [-0.1, -0.05) is 0 Å². The molecule has 0 saturated carbocycles. The van der Waals surface area contributed by atoms with Crippen molar-refractivity contribution in [3.63, 3.8) is 0 Å². The maximum Gasteiger partial charge on any atom is 0.264 e. The van der Waals surface area contributed by atoms with E-state index in [2.05, 4.69) is 20.3 Å². The van der Waals surface area contributed by atoms with Crippen molar-refractivity contribution in [2.75, 3.05) is 0 Å². The Morgan fingerprint density at radius 3 is 2.59 bits per heavy atom. The van der Waals surface area contributed by atoms with Crippen molar-refractivity contribution in [1.82, 2.24) is 24.8 Å². The maximum absolute atomic E-state index is 12.8. The number of hydrogen-bond donors (Lipinski definition) is 1. The van der Waals surface area contributed by atoms with Crippen molar-refractivity contribution in [3.05, 3.63) is 73.1 Å². The highest BCUT2D eigenvalue weighted by Crippen LogP contribution is 2.16. The highest BCUT2D eigenvalue weighted by atomic mass is 32.1. The first kappa shape index (κ1) is 18.9. The number of carbonyl (C=O) groups is 1. The molecular formula is C19H21N5O2S. The van der Waals surface area contributed by atoms with Crippen molar-refractivity contribution in [3.8, 4) is 0 Å². The molecule has 3 heterocycles. The Morgan fingerprint density at radius 2 is 1.96 bits per heavy atom. The van der Waals surface area contributed by atoms with E-state index in [0.29, 0.717) is 17.8 Å². The van der Waals surface area contributed by atoms with Gasteiger partial charge in [-0.3, -0.25) is 19.6 Å². The SMILES string of the molecule is Cc1cnc(Cn2ccc(C)c(C(=O)NCc3sc(C)nc3C)c2=O)cn1. The van der Waals surface area contributed by atoms with Gasteiger partial charge in [0.25, 0.3) is 11.5 Å². The molecule has 3 rings (SSSR count). The van der Waals surface area contributed by atoms with E-state index in [4.69, 9.17) is 0 Å². The van der Waals surface area contributed by atoms with Crippen LogP contribution in [-0.2, 0) is 13.1 Å². The average Bonchev–Trinajstić information content (AvgIpc) is 2.95. The topological polar surface area (TPSA) is 89.8 Å². The van der Waals surface area contributed by atoms with Crippen LogP contribution in [0.1, 0.15) is 42.9 Å². The normalized spacial score (nSPS) is 10.8. The minimum absolute atomic E-state index is 0.150. The Morgan fingerprint density at radius 1 is 1.19 bits per heavy atom. The molecule has 27 heavy (non-hydrogen) atoms. The molecule has 1 amide bonds. The Hall–Kier alpha value is -2.87. The van der Waals surface area contributed by atoms with Crippen LogP contribution in [0.15, 0.2) is 29.5 Å². The molecular weight excluding hydrogens is 362 g/mol. The van der Waals surface area contributed by atoms with Gasteiger partial charge in [-0.05, 0) is 39.3 Å². The molecule has 140 valence electrons. The minimum atomic E-state index is -0.382. The van der Waals surface area contributed by atoms with Crippen LogP contribution in [-0.4, -0.2) is 25.4 Å². The molecule has 0 fully saturated rings. The van der Waals surface area contributed by atoms with Crippen molar-refractivity contribution < 1.29 is 4.79 Å². The molecule has 0 atom stereocenters. The molecule has 3 aromatic heterocycles. The molecule has 0 aromatic carbocycles. The lowest BCUT2D eigenvalue weighted by molar-refractivity contribution is 0.0948. The standard InChI is InChI=1S/C19H21N5O2S/c1-11-5-6-24(10-15-8-20-12(2)7-21-15)19(26)17(11)18(25)22-9-16-13(3)23-14(4)27-16/h5-8H,9-10H2,1-4H3,(H,22,25). The summed E-state index contributed by atoms with van der Waals surface area (Å²) >= 11 is 1.54. The lowest BCUT2D eigenvalue weighted by atomic mass is 10.1. The maximum atomic E-state index is 12.8.